The van der Waals surface area contributed by atoms with Crippen LogP contribution < -0.4 is 10.1 Å². The molecule has 0 saturated heterocycles. The van der Waals surface area contributed by atoms with E-state index in [0.717, 1.165) is 12.1 Å². The fourth-order valence-electron chi connectivity index (χ4n) is 1.40. The molecule has 0 saturated carbocycles. The number of ether oxygens (including phenoxy) is 2. The molecule has 0 heterocycles. The summed E-state index contributed by atoms with van der Waals surface area (Å²) in [5, 5.41) is 11.4. The predicted molar refractivity (Wildman–Crippen MR) is 64.4 cm³/mol. The Balaban J connectivity index is 2.89. The lowest BCUT2D eigenvalue weighted by molar-refractivity contribution is -0.137. The molecule has 0 atom stereocenters. The van der Waals surface area contributed by atoms with Crippen molar-refractivity contribution >= 4 is 5.69 Å². The van der Waals surface area contributed by atoms with Gasteiger partial charge in [-0.3, -0.25) is 0 Å². The van der Waals surface area contributed by atoms with Crippen LogP contribution in [0.25, 0.3) is 0 Å². The van der Waals surface area contributed by atoms with Crippen LogP contribution in [0.1, 0.15) is 5.56 Å². The van der Waals surface area contributed by atoms with Crippen LogP contribution in [0.2, 0.25) is 0 Å². The van der Waals surface area contributed by atoms with E-state index in [1.807, 2.05) is 0 Å². The topological polar surface area (TPSA) is 50.7 Å². The van der Waals surface area contributed by atoms with Crippen LogP contribution in [-0.2, 0) is 10.9 Å². The van der Waals surface area contributed by atoms with Crippen molar-refractivity contribution in [3.63, 3.8) is 0 Å². The molecule has 0 radical (unpaired) electrons. The van der Waals surface area contributed by atoms with Gasteiger partial charge in [-0.1, -0.05) is 0 Å². The van der Waals surface area contributed by atoms with Crippen molar-refractivity contribution < 1.29 is 27.8 Å². The first kappa shape index (κ1) is 15.6. The Bertz CT molecular complexity index is 396. The van der Waals surface area contributed by atoms with Gasteiger partial charge in [0.05, 0.1) is 24.5 Å². The minimum Gasteiger partial charge on any atom is -0.489 e. The molecule has 2 N–H and O–H groups in total. The highest BCUT2D eigenvalue weighted by atomic mass is 19.4. The highest BCUT2D eigenvalue weighted by Gasteiger charge is 2.31. The molecule has 1 aromatic rings. The van der Waals surface area contributed by atoms with Crippen molar-refractivity contribution in [3.05, 3.63) is 23.8 Å². The quantitative estimate of drug-likeness (QED) is 0.751. The molecule has 1 aromatic carbocycles. The molecule has 0 aliphatic heterocycles. The van der Waals surface area contributed by atoms with Gasteiger partial charge in [0, 0.05) is 13.7 Å². The van der Waals surface area contributed by atoms with Crippen molar-refractivity contribution in [1.82, 2.24) is 0 Å². The average molecular weight is 279 g/mol. The summed E-state index contributed by atoms with van der Waals surface area (Å²) in [6.07, 6.45) is -4.42. The third kappa shape index (κ3) is 4.96. The summed E-state index contributed by atoms with van der Waals surface area (Å²) in [5.41, 5.74) is -0.577. The highest BCUT2D eigenvalue weighted by molar-refractivity contribution is 5.58. The molecule has 19 heavy (non-hydrogen) atoms. The molecule has 0 fully saturated rings. The number of aliphatic hydroxyl groups is 1. The average Bonchev–Trinajstić information content (AvgIpc) is 2.36. The minimum atomic E-state index is -4.42. The van der Waals surface area contributed by atoms with Crippen molar-refractivity contribution in [2.24, 2.45) is 0 Å². The zero-order valence-corrected chi connectivity index (χ0v) is 10.5. The maximum atomic E-state index is 12.6. The molecule has 0 unspecified atom stereocenters. The number of rotatable bonds is 7. The zero-order chi connectivity index (χ0) is 14.3. The fraction of sp³-hybridized carbons (Fsp3) is 0.500. The molecule has 0 amide bonds. The van der Waals surface area contributed by atoms with E-state index < -0.39 is 11.7 Å². The maximum absolute atomic E-state index is 12.6. The third-order valence-electron chi connectivity index (χ3n) is 2.28. The lowest BCUT2D eigenvalue weighted by Crippen LogP contribution is -2.12. The Kier molecular flexibility index (Phi) is 5.91. The highest BCUT2D eigenvalue weighted by Crippen LogP contribution is 2.34. The van der Waals surface area contributed by atoms with Crippen molar-refractivity contribution in [3.8, 4) is 5.75 Å². The van der Waals surface area contributed by atoms with Crippen LogP contribution in [0.5, 0.6) is 5.75 Å². The smallest absolute Gasteiger partial charge is 0.416 e. The molecule has 0 aliphatic carbocycles. The monoisotopic (exact) mass is 279 g/mol. The number of benzene rings is 1. The van der Waals surface area contributed by atoms with Crippen molar-refractivity contribution in [2.75, 3.05) is 38.8 Å². The van der Waals surface area contributed by atoms with Crippen LogP contribution in [0.15, 0.2) is 18.2 Å². The standard InChI is InChI=1S/C12H16F3NO3/c1-18-6-7-19-11-3-2-9(12(13,14)15)8-10(11)16-4-5-17/h2-3,8,16-17H,4-7H2,1H3. The normalized spacial score (nSPS) is 11.4. The van der Waals surface area contributed by atoms with E-state index in [0.29, 0.717) is 12.4 Å². The number of aliphatic hydroxyl groups excluding tert-OH is 1. The molecular formula is C12H16F3NO3. The summed E-state index contributed by atoms with van der Waals surface area (Å²) in [6.45, 7) is 0.520. The second kappa shape index (κ2) is 7.20. The van der Waals surface area contributed by atoms with Crippen molar-refractivity contribution in [1.29, 1.82) is 0 Å². The first-order valence-corrected chi connectivity index (χ1v) is 5.66. The Morgan fingerprint density at radius 1 is 1.26 bits per heavy atom. The number of alkyl halides is 3. The van der Waals surface area contributed by atoms with Crippen molar-refractivity contribution in [2.45, 2.75) is 6.18 Å². The van der Waals surface area contributed by atoms with E-state index in [4.69, 9.17) is 14.6 Å². The van der Waals surface area contributed by atoms with Crippen LogP contribution in [-0.4, -0.2) is 38.6 Å². The van der Waals surface area contributed by atoms with E-state index in [9.17, 15) is 13.2 Å². The Morgan fingerprint density at radius 2 is 2.00 bits per heavy atom. The van der Waals surface area contributed by atoms with E-state index in [1.54, 1.807) is 0 Å². The first-order valence-electron chi connectivity index (χ1n) is 5.66. The summed E-state index contributed by atoms with van der Waals surface area (Å²) >= 11 is 0. The van der Waals surface area contributed by atoms with Gasteiger partial charge in [0.2, 0.25) is 0 Å². The molecule has 1 rings (SSSR count). The number of nitrogens with one attached hydrogen (secondary N) is 1. The van der Waals surface area contributed by atoms with E-state index in [-0.39, 0.29) is 25.4 Å². The first-order chi connectivity index (χ1) is 8.99. The second-order valence-electron chi connectivity index (χ2n) is 3.70. The fourth-order valence-corrected chi connectivity index (χ4v) is 1.40. The van der Waals surface area contributed by atoms with Gasteiger partial charge in [0.25, 0.3) is 0 Å². The Morgan fingerprint density at radius 3 is 2.58 bits per heavy atom. The van der Waals surface area contributed by atoms with E-state index >= 15 is 0 Å². The molecule has 0 aromatic heterocycles. The van der Waals surface area contributed by atoms with Crippen LogP contribution in [0, 0.1) is 0 Å². The number of halogens is 3. The summed E-state index contributed by atoms with van der Waals surface area (Å²) in [5.74, 6) is 0.290. The van der Waals surface area contributed by atoms with Crippen LogP contribution >= 0.6 is 0 Å². The number of hydrogen-bond acceptors (Lipinski definition) is 4. The molecule has 7 heteroatoms. The lowest BCUT2D eigenvalue weighted by atomic mass is 10.1. The molecule has 0 spiro atoms. The molecule has 108 valence electrons. The third-order valence-corrected chi connectivity index (χ3v) is 2.28. The zero-order valence-electron chi connectivity index (χ0n) is 10.5. The van der Waals surface area contributed by atoms with E-state index in [1.165, 1.54) is 13.2 Å². The van der Waals surface area contributed by atoms with Crippen LogP contribution in [0.3, 0.4) is 0 Å². The van der Waals surface area contributed by atoms with Gasteiger partial charge in [-0.15, -0.1) is 0 Å². The molecule has 0 aliphatic rings. The lowest BCUT2D eigenvalue weighted by Gasteiger charge is -2.15. The van der Waals surface area contributed by atoms with Gasteiger partial charge in [0.15, 0.2) is 0 Å². The van der Waals surface area contributed by atoms with Gasteiger partial charge >= 0.3 is 6.18 Å². The molecule has 0 bridgehead atoms. The largest absolute Gasteiger partial charge is 0.489 e. The Hall–Kier alpha value is -1.47. The van der Waals surface area contributed by atoms with Gasteiger partial charge in [0.1, 0.15) is 12.4 Å². The summed E-state index contributed by atoms with van der Waals surface area (Å²) in [7, 11) is 1.50. The summed E-state index contributed by atoms with van der Waals surface area (Å²) < 4.78 is 47.9. The number of hydrogen-bond donors (Lipinski definition) is 2. The predicted octanol–water partition coefficient (Wildman–Crippen LogP) is 2.13. The van der Waals surface area contributed by atoms with Gasteiger partial charge in [-0.25, -0.2) is 0 Å². The minimum absolute atomic E-state index is 0.141. The van der Waals surface area contributed by atoms with E-state index in [2.05, 4.69) is 5.32 Å². The van der Waals surface area contributed by atoms with Gasteiger partial charge in [-0.05, 0) is 18.2 Å². The van der Waals surface area contributed by atoms with Gasteiger partial charge < -0.3 is 19.9 Å². The number of methoxy groups -OCH3 is 1. The maximum Gasteiger partial charge on any atom is 0.416 e. The SMILES string of the molecule is COCCOc1ccc(C(F)(F)F)cc1NCCO. The summed E-state index contributed by atoms with van der Waals surface area (Å²) in [6, 6.07) is 3.16. The molecular weight excluding hydrogens is 263 g/mol. The molecule has 4 nitrogen and oxygen atoms in total. The van der Waals surface area contributed by atoms with Crippen LogP contribution in [0.4, 0.5) is 18.9 Å². The second-order valence-corrected chi connectivity index (χ2v) is 3.70. The Labute approximate surface area is 109 Å². The number of anilines is 1. The summed E-state index contributed by atoms with van der Waals surface area (Å²) in [4.78, 5) is 0. The van der Waals surface area contributed by atoms with Gasteiger partial charge in [-0.2, -0.15) is 13.2 Å².